The first-order chi connectivity index (χ1) is 13.0. The quantitative estimate of drug-likeness (QED) is 0.295. The van der Waals surface area contributed by atoms with Crippen LogP contribution in [0.1, 0.15) is 5.76 Å². The van der Waals surface area contributed by atoms with Gasteiger partial charge in [-0.3, -0.25) is 15.5 Å². The molecule has 0 aliphatic rings. The molecular formula is C18H13FN4O3S. The minimum Gasteiger partial charge on any atom is -0.455 e. The Balaban J connectivity index is 1.58. The van der Waals surface area contributed by atoms with E-state index >= 15 is 0 Å². The molecule has 0 amide bonds. The van der Waals surface area contributed by atoms with Crippen LogP contribution in [0.5, 0.6) is 0 Å². The third-order valence-electron chi connectivity index (χ3n) is 3.43. The lowest BCUT2D eigenvalue weighted by Crippen LogP contribution is -2.23. The van der Waals surface area contributed by atoms with Gasteiger partial charge in [0, 0.05) is 23.4 Å². The van der Waals surface area contributed by atoms with Crippen molar-refractivity contribution in [3.8, 4) is 11.3 Å². The van der Waals surface area contributed by atoms with E-state index < -0.39 is 4.92 Å². The van der Waals surface area contributed by atoms with Gasteiger partial charge in [-0.2, -0.15) is 5.10 Å². The molecule has 0 spiro atoms. The van der Waals surface area contributed by atoms with Crippen molar-refractivity contribution in [1.29, 1.82) is 0 Å². The van der Waals surface area contributed by atoms with Gasteiger partial charge in [-0.15, -0.1) is 0 Å². The lowest BCUT2D eigenvalue weighted by molar-refractivity contribution is -0.384. The summed E-state index contributed by atoms with van der Waals surface area (Å²) in [7, 11) is 0. The predicted octanol–water partition coefficient (Wildman–Crippen LogP) is 4.31. The van der Waals surface area contributed by atoms with Crippen LogP contribution < -0.4 is 10.7 Å². The van der Waals surface area contributed by atoms with Crippen LogP contribution in [-0.4, -0.2) is 16.3 Å². The topological polar surface area (TPSA) is 92.7 Å². The molecule has 0 atom stereocenters. The molecule has 1 aromatic heterocycles. The molecular weight excluding hydrogens is 371 g/mol. The highest BCUT2D eigenvalue weighted by Crippen LogP contribution is 2.24. The van der Waals surface area contributed by atoms with E-state index in [1.165, 1.54) is 30.5 Å². The highest BCUT2D eigenvalue weighted by molar-refractivity contribution is 7.80. The summed E-state index contributed by atoms with van der Waals surface area (Å²) in [6.07, 6.45) is 1.43. The number of furan rings is 1. The molecule has 0 aliphatic carbocycles. The molecule has 0 aliphatic heterocycles. The van der Waals surface area contributed by atoms with Crippen molar-refractivity contribution in [1.82, 2.24) is 5.43 Å². The molecule has 0 radical (unpaired) electrons. The van der Waals surface area contributed by atoms with E-state index in [0.717, 1.165) is 0 Å². The Hall–Kier alpha value is -3.59. The van der Waals surface area contributed by atoms with Crippen molar-refractivity contribution in [2.24, 2.45) is 5.10 Å². The number of non-ortho nitro benzene ring substituents is 1. The fraction of sp³-hybridized carbons (Fsp3) is 0. The Labute approximate surface area is 158 Å². The maximum absolute atomic E-state index is 13.1. The van der Waals surface area contributed by atoms with Crippen LogP contribution in [0.15, 0.2) is 70.2 Å². The second kappa shape index (κ2) is 8.19. The Morgan fingerprint density at radius 3 is 2.67 bits per heavy atom. The van der Waals surface area contributed by atoms with Crippen LogP contribution in [-0.2, 0) is 0 Å². The second-order valence-corrected chi connectivity index (χ2v) is 5.75. The van der Waals surface area contributed by atoms with Crippen molar-refractivity contribution in [3.63, 3.8) is 0 Å². The zero-order valence-electron chi connectivity index (χ0n) is 13.8. The third kappa shape index (κ3) is 4.95. The number of hydrogen-bond acceptors (Lipinski definition) is 5. The summed E-state index contributed by atoms with van der Waals surface area (Å²) < 4.78 is 18.7. The van der Waals surface area contributed by atoms with E-state index in [9.17, 15) is 14.5 Å². The standard InChI is InChI=1S/C18H13FN4O3S/c19-13-2-1-3-14(10-13)21-18(27)22-20-11-16-8-9-17(26-16)12-4-6-15(7-5-12)23(24)25/h1-11H,(H2,21,22,27). The molecule has 3 rings (SSSR count). The first-order valence-corrected chi connectivity index (χ1v) is 8.12. The average Bonchev–Trinajstić information content (AvgIpc) is 3.10. The molecule has 7 nitrogen and oxygen atoms in total. The van der Waals surface area contributed by atoms with E-state index in [4.69, 9.17) is 16.6 Å². The van der Waals surface area contributed by atoms with Crippen molar-refractivity contribution in [3.05, 3.63) is 82.4 Å². The molecule has 0 fully saturated rings. The number of nitro benzene ring substituents is 1. The Morgan fingerprint density at radius 1 is 1.19 bits per heavy atom. The number of anilines is 1. The first-order valence-electron chi connectivity index (χ1n) is 7.71. The Bertz CT molecular complexity index is 1000. The molecule has 0 saturated carbocycles. The van der Waals surface area contributed by atoms with Gasteiger partial charge in [0.25, 0.3) is 5.69 Å². The maximum Gasteiger partial charge on any atom is 0.269 e. The summed E-state index contributed by atoms with van der Waals surface area (Å²) in [6, 6.07) is 15.3. The lowest BCUT2D eigenvalue weighted by atomic mass is 10.1. The van der Waals surface area contributed by atoms with Crippen molar-refractivity contribution in [2.75, 3.05) is 5.32 Å². The monoisotopic (exact) mass is 384 g/mol. The average molecular weight is 384 g/mol. The van der Waals surface area contributed by atoms with E-state index in [-0.39, 0.29) is 16.6 Å². The van der Waals surface area contributed by atoms with E-state index in [1.54, 1.807) is 36.4 Å². The van der Waals surface area contributed by atoms with E-state index in [2.05, 4.69) is 15.8 Å². The summed E-state index contributed by atoms with van der Waals surface area (Å²) in [5.74, 6) is 0.636. The van der Waals surface area contributed by atoms with Crippen molar-refractivity contribution < 1.29 is 13.7 Å². The molecule has 0 unspecified atom stereocenters. The van der Waals surface area contributed by atoms with Crippen LogP contribution in [0, 0.1) is 15.9 Å². The SMILES string of the molecule is O=[N+]([O-])c1ccc(-c2ccc(C=NNC(=S)Nc3cccc(F)c3)o2)cc1. The van der Waals surface area contributed by atoms with Gasteiger partial charge < -0.3 is 9.73 Å². The summed E-state index contributed by atoms with van der Waals surface area (Å²) >= 11 is 5.07. The smallest absolute Gasteiger partial charge is 0.269 e. The summed E-state index contributed by atoms with van der Waals surface area (Å²) in [5, 5.41) is 17.6. The highest BCUT2D eigenvalue weighted by atomic mass is 32.1. The van der Waals surface area contributed by atoms with Crippen LogP contribution in [0.2, 0.25) is 0 Å². The number of rotatable bonds is 5. The lowest BCUT2D eigenvalue weighted by Gasteiger charge is -2.06. The number of nitro groups is 1. The van der Waals surface area contributed by atoms with Crippen LogP contribution in [0.3, 0.4) is 0 Å². The molecule has 0 bridgehead atoms. The van der Waals surface area contributed by atoms with Crippen LogP contribution in [0.25, 0.3) is 11.3 Å². The second-order valence-electron chi connectivity index (χ2n) is 5.34. The minimum atomic E-state index is -0.462. The van der Waals surface area contributed by atoms with Gasteiger partial charge in [0.1, 0.15) is 17.3 Å². The number of hydrazone groups is 1. The molecule has 3 aromatic rings. The molecule has 0 saturated heterocycles. The van der Waals surface area contributed by atoms with E-state index in [1.807, 2.05) is 0 Å². The molecule has 136 valence electrons. The summed E-state index contributed by atoms with van der Waals surface area (Å²) in [4.78, 5) is 10.2. The van der Waals surface area contributed by atoms with Gasteiger partial charge in [-0.25, -0.2) is 4.39 Å². The zero-order chi connectivity index (χ0) is 19.2. The zero-order valence-corrected chi connectivity index (χ0v) is 14.6. The number of hydrogen-bond donors (Lipinski definition) is 2. The molecule has 9 heteroatoms. The van der Waals surface area contributed by atoms with Gasteiger partial charge in [-0.1, -0.05) is 6.07 Å². The molecule has 2 aromatic carbocycles. The van der Waals surface area contributed by atoms with Crippen molar-refractivity contribution >= 4 is 34.9 Å². The van der Waals surface area contributed by atoms with E-state index in [0.29, 0.717) is 22.8 Å². The number of halogens is 1. The van der Waals surface area contributed by atoms with Gasteiger partial charge >= 0.3 is 0 Å². The summed E-state index contributed by atoms with van der Waals surface area (Å²) in [5.41, 5.74) is 3.82. The van der Waals surface area contributed by atoms with Gasteiger partial charge in [0.2, 0.25) is 0 Å². The highest BCUT2D eigenvalue weighted by Gasteiger charge is 2.08. The van der Waals surface area contributed by atoms with Gasteiger partial charge in [0.05, 0.1) is 11.1 Å². The largest absolute Gasteiger partial charge is 0.455 e. The predicted molar refractivity (Wildman–Crippen MR) is 104 cm³/mol. The van der Waals surface area contributed by atoms with Gasteiger partial charge in [0.15, 0.2) is 5.11 Å². The number of benzene rings is 2. The molecule has 1 heterocycles. The van der Waals surface area contributed by atoms with Gasteiger partial charge in [-0.05, 0) is 54.7 Å². The molecule has 27 heavy (non-hydrogen) atoms. The summed E-state index contributed by atoms with van der Waals surface area (Å²) in [6.45, 7) is 0. The van der Waals surface area contributed by atoms with Crippen LogP contribution >= 0.6 is 12.2 Å². The first kappa shape index (κ1) is 18.2. The minimum absolute atomic E-state index is 0.00982. The van der Waals surface area contributed by atoms with Crippen molar-refractivity contribution in [2.45, 2.75) is 0 Å². The van der Waals surface area contributed by atoms with Crippen LogP contribution in [0.4, 0.5) is 15.8 Å². The third-order valence-corrected chi connectivity index (χ3v) is 3.62. The Morgan fingerprint density at radius 2 is 1.96 bits per heavy atom. The fourth-order valence-corrected chi connectivity index (χ4v) is 2.38. The normalized spacial score (nSPS) is 10.7. The maximum atomic E-state index is 13.1. The number of thiocarbonyl (C=S) groups is 1. The fourth-order valence-electron chi connectivity index (χ4n) is 2.20. The number of nitrogens with zero attached hydrogens (tertiary/aromatic N) is 2. The molecule has 2 N–H and O–H groups in total. The number of nitrogens with one attached hydrogen (secondary N) is 2. The Kier molecular flexibility index (Phi) is 5.53.